The van der Waals surface area contributed by atoms with Crippen LogP contribution in [0.2, 0.25) is 0 Å². The third-order valence-corrected chi connectivity index (χ3v) is 2.80. The summed E-state index contributed by atoms with van der Waals surface area (Å²) in [7, 11) is 1.81. The van der Waals surface area contributed by atoms with Crippen molar-refractivity contribution in [3.05, 3.63) is 23.5 Å². The molecule has 1 rings (SSSR count). The van der Waals surface area contributed by atoms with Crippen molar-refractivity contribution in [1.82, 2.24) is 4.31 Å². The summed E-state index contributed by atoms with van der Waals surface area (Å²) in [4.78, 5) is 0.354. The minimum Gasteiger partial charge on any atom is -0.324 e. The zero-order valence-corrected chi connectivity index (χ0v) is 9.23. The second-order valence-corrected chi connectivity index (χ2v) is 4.50. The molecule has 5 heteroatoms. The van der Waals surface area contributed by atoms with Gasteiger partial charge in [-0.15, -0.1) is 0 Å². The summed E-state index contributed by atoms with van der Waals surface area (Å²) < 4.78 is 10.5. The van der Waals surface area contributed by atoms with Gasteiger partial charge in [0.15, 0.2) is 0 Å². The molecule has 0 saturated carbocycles. The molecular formula is C7H12BrN2OS+. The lowest BCUT2D eigenvalue weighted by molar-refractivity contribution is -0.300. The topological polar surface area (TPSA) is 51.1 Å². The summed E-state index contributed by atoms with van der Waals surface area (Å²) in [6.07, 6.45) is 5.07. The van der Waals surface area contributed by atoms with Crippen LogP contribution in [0.5, 0.6) is 0 Å². The maximum atomic E-state index is 8.82. The number of hydrogen-bond donors (Lipinski definition) is 2. The van der Waals surface area contributed by atoms with E-state index in [4.69, 9.17) is 4.55 Å². The summed E-state index contributed by atoms with van der Waals surface area (Å²) in [5, 5.41) is 0. The molecule has 1 atom stereocenters. The monoisotopic (exact) mass is 251 g/mol. The van der Waals surface area contributed by atoms with E-state index in [0.29, 0.717) is 17.1 Å². The van der Waals surface area contributed by atoms with E-state index in [1.165, 1.54) is 0 Å². The fraction of sp³-hybridized carbons (Fsp3) is 0.429. The lowest BCUT2D eigenvalue weighted by atomic mass is 10.1. The fourth-order valence-corrected chi connectivity index (χ4v) is 1.76. The molecule has 0 aromatic rings. The predicted molar refractivity (Wildman–Crippen MR) is 54.4 cm³/mol. The molecule has 0 radical (unpaired) electrons. The van der Waals surface area contributed by atoms with Crippen molar-refractivity contribution in [1.29, 1.82) is 0 Å². The molecule has 1 unspecified atom stereocenters. The van der Waals surface area contributed by atoms with Gasteiger partial charge in [-0.1, -0.05) is 15.9 Å². The average Bonchev–Trinajstić information content (AvgIpc) is 2.08. The number of nitrogens with zero attached hydrogens (tertiary/aromatic N) is 1. The molecule has 0 fully saturated rings. The Morgan fingerprint density at radius 2 is 2.50 bits per heavy atom. The number of quaternary nitrogens is 1. The van der Waals surface area contributed by atoms with E-state index in [2.05, 4.69) is 27.7 Å². The van der Waals surface area contributed by atoms with Gasteiger partial charge in [0.2, 0.25) is 0 Å². The predicted octanol–water partition coefficient (Wildman–Crippen LogP) is 1.22. The first kappa shape index (κ1) is 10.1. The molecular weight excluding hydrogens is 240 g/mol. The van der Waals surface area contributed by atoms with Crippen LogP contribution in [0.3, 0.4) is 0 Å². The molecule has 12 heavy (non-hydrogen) atoms. The minimum atomic E-state index is 0.354. The van der Waals surface area contributed by atoms with Crippen molar-refractivity contribution in [3.63, 3.8) is 0 Å². The Morgan fingerprint density at radius 3 is 3.08 bits per heavy atom. The van der Waals surface area contributed by atoms with Crippen molar-refractivity contribution < 1.29 is 10.3 Å². The van der Waals surface area contributed by atoms with Gasteiger partial charge < -0.3 is 10.3 Å². The Kier molecular flexibility index (Phi) is 3.64. The van der Waals surface area contributed by atoms with Crippen LogP contribution >= 0.6 is 28.2 Å². The molecule has 1 aliphatic carbocycles. The Bertz CT molecular complexity index is 229. The molecule has 0 aliphatic heterocycles. The zero-order chi connectivity index (χ0) is 9.14. The number of likely N-dealkylation sites (N-methyl/N-ethyl adjacent to an activating group) is 1. The van der Waals surface area contributed by atoms with Gasteiger partial charge in [-0.05, 0) is 18.6 Å². The van der Waals surface area contributed by atoms with Crippen LogP contribution < -0.4 is 5.73 Å². The van der Waals surface area contributed by atoms with Gasteiger partial charge in [0.05, 0.1) is 0 Å². The third kappa shape index (κ3) is 2.26. The van der Waals surface area contributed by atoms with Gasteiger partial charge in [-0.3, -0.25) is 4.31 Å². The van der Waals surface area contributed by atoms with Crippen LogP contribution in [0.25, 0.3) is 0 Å². The quantitative estimate of drug-likeness (QED) is 0.441. The van der Waals surface area contributed by atoms with E-state index < -0.39 is 0 Å². The van der Waals surface area contributed by atoms with Crippen molar-refractivity contribution in [2.45, 2.75) is 11.2 Å². The molecule has 1 aliphatic rings. The molecule has 0 aromatic carbocycles. The van der Waals surface area contributed by atoms with Crippen LogP contribution in [0, 0.1) is 0 Å². The lowest BCUT2D eigenvalue weighted by Gasteiger charge is -2.20. The highest BCUT2D eigenvalue weighted by molar-refractivity contribution is 9.09. The van der Waals surface area contributed by atoms with Gasteiger partial charge in [0.25, 0.3) is 0 Å². The molecule has 0 spiro atoms. The summed E-state index contributed by atoms with van der Waals surface area (Å²) in [6.45, 7) is 0. The second kappa shape index (κ2) is 4.32. The summed E-state index contributed by atoms with van der Waals surface area (Å²) in [6, 6.07) is 0. The second-order valence-electron chi connectivity index (χ2n) is 2.61. The zero-order valence-electron chi connectivity index (χ0n) is 6.83. The summed E-state index contributed by atoms with van der Waals surface area (Å²) in [5.41, 5.74) is 5.82. The first-order valence-corrected chi connectivity index (χ1v) is 5.23. The Balaban J connectivity index is 2.78. The smallest absolute Gasteiger partial charge is 0.148 e. The Labute approximate surface area is 84.8 Å². The highest BCUT2D eigenvalue weighted by Crippen LogP contribution is 2.24. The lowest BCUT2D eigenvalue weighted by Crippen LogP contribution is -2.50. The van der Waals surface area contributed by atoms with Gasteiger partial charge >= 0.3 is 0 Å². The van der Waals surface area contributed by atoms with Gasteiger partial charge in [-0.25, -0.2) is 0 Å². The van der Waals surface area contributed by atoms with Crippen LogP contribution in [0.15, 0.2) is 23.5 Å². The van der Waals surface area contributed by atoms with Crippen LogP contribution in [0.4, 0.5) is 0 Å². The number of rotatable bonds is 2. The van der Waals surface area contributed by atoms with Crippen molar-refractivity contribution >= 4 is 28.2 Å². The molecule has 3 nitrogen and oxygen atoms in total. The van der Waals surface area contributed by atoms with Gasteiger partial charge in [0.1, 0.15) is 23.6 Å². The van der Waals surface area contributed by atoms with E-state index in [1.54, 1.807) is 11.4 Å². The van der Waals surface area contributed by atoms with Crippen LogP contribution in [0.1, 0.15) is 6.42 Å². The summed E-state index contributed by atoms with van der Waals surface area (Å²) >= 11 is 4.19. The molecule has 0 heterocycles. The SMILES string of the molecule is CN(SO)C1=CC(Br)CC=C1[NH3+]. The number of allylic oxidation sites excluding steroid dienone is 2. The van der Waals surface area contributed by atoms with E-state index in [-0.39, 0.29) is 0 Å². The maximum Gasteiger partial charge on any atom is 0.148 e. The number of hydrogen-bond acceptors (Lipinski definition) is 3. The fourth-order valence-electron chi connectivity index (χ4n) is 1.06. The minimum absolute atomic E-state index is 0.354. The Hall–Kier alpha value is 0.0300. The molecule has 0 saturated heterocycles. The number of halogens is 1. The Morgan fingerprint density at radius 1 is 1.83 bits per heavy atom. The molecule has 0 amide bonds. The van der Waals surface area contributed by atoms with E-state index >= 15 is 0 Å². The van der Waals surface area contributed by atoms with E-state index in [9.17, 15) is 0 Å². The van der Waals surface area contributed by atoms with Gasteiger partial charge in [-0.2, -0.15) is 0 Å². The third-order valence-electron chi connectivity index (χ3n) is 1.72. The normalized spacial score (nSPS) is 23.2. The molecule has 0 aromatic heterocycles. The van der Waals surface area contributed by atoms with Crippen molar-refractivity contribution in [3.8, 4) is 0 Å². The molecule has 68 valence electrons. The molecule has 4 N–H and O–H groups in total. The standard InChI is InChI=1S/C7H11BrN2OS/c1-10(12-11)7-4-5(8)2-3-6(7)9/h3-5,11H,2,9H2,1H3/p+1. The molecule has 0 bridgehead atoms. The van der Waals surface area contributed by atoms with Crippen molar-refractivity contribution in [2.24, 2.45) is 0 Å². The van der Waals surface area contributed by atoms with Crippen LogP contribution in [-0.2, 0) is 0 Å². The highest BCUT2D eigenvalue weighted by Gasteiger charge is 2.17. The van der Waals surface area contributed by atoms with E-state index in [1.807, 2.05) is 6.08 Å². The van der Waals surface area contributed by atoms with E-state index in [0.717, 1.165) is 17.8 Å². The summed E-state index contributed by atoms with van der Waals surface area (Å²) in [5.74, 6) is 0. The average molecular weight is 252 g/mol. The van der Waals surface area contributed by atoms with Crippen LogP contribution in [-0.4, -0.2) is 20.7 Å². The van der Waals surface area contributed by atoms with Gasteiger partial charge in [0, 0.05) is 11.9 Å². The highest BCUT2D eigenvalue weighted by atomic mass is 79.9. The number of alkyl halides is 1. The largest absolute Gasteiger partial charge is 0.324 e. The maximum absolute atomic E-state index is 8.82. The van der Waals surface area contributed by atoms with Crippen molar-refractivity contribution in [2.75, 3.05) is 7.05 Å². The first-order valence-electron chi connectivity index (χ1n) is 3.58. The first-order chi connectivity index (χ1) is 5.65.